The second-order valence-electron chi connectivity index (χ2n) is 4.06. The number of aromatic nitrogens is 2. The van der Waals surface area contributed by atoms with Crippen molar-refractivity contribution in [1.82, 2.24) is 9.97 Å². The average Bonchev–Trinajstić information content (AvgIpc) is 2.38. The van der Waals surface area contributed by atoms with Gasteiger partial charge in [-0.05, 0) is 30.3 Å². The van der Waals surface area contributed by atoms with Gasteiger partial charge >= 0.3 is 0 Å². The minimum atomic E-state index is -0.522. The van der Waals surface area contributed by atoms with E-state index < -0.39 is 5.82 Å². The summed E-state index contributed by atoms with van der Waals surface area (Å²) in [6.07, 6.45) is 0. The van der Waals surface area contributed by atoms with Crippen LogP contribution in [0.3, 0.4) is 0 Å². The lowest BCUT2D eigenvalue weighted by atomic mass is 10.2. The highest BCUT2D eigenvalue weighted by molar-refractivity contribution is 6.30. The van der Waals surface area contributed by atoms with Crippen LogP contribution in [-0.2, 0) is 0 Å². The second-order valence-corrected chi connectivity index (χ2v) is 4.49. The highest BCUT2D eigenvalue weighted by Crippen LogP contribution is 2.22. The molecule has 0 bridgehead atoms. The Kier molecular flexibility index (Phi) is 2.80. The molecule has 0 fully saturated rings. The van der Waals surface area contributed by atoms with Crippen LogP contribution in [0.15, 0.2) is 47.3 Å². The minimum Gasteiger partial charge on any atom is -0.306 e. The zero-order chi connectivity index (χ0) is 13.4. The molecule has 0 spiro atoms. The van der Waals surface area contributed by atoms with Crippen LogP contribution >= 0.6 is 11.6 Å². The number of hydrogen-bond acceptors (Lipinski definition) is 2. The van der Waals surface area contributed by atoms with Crippen molar-refractivity contribution in [3.63, 3.8) is 0 Å². The van der Waals surface area contributed by atoms with E-state index in [0.717, 1.165) is 0 Å². The van der Waals surface area contributed by atoms with Crippen molar-refractivity contribution in [2.24, 2.45) is 0 Å². The van der Waals surface area contributed by atoms with E-state index in [-0.39, 0.29) is 16.9 Å². The molecule has 0 aliphatic rings. The third kappa shape index (κ3) is 2.11. The molecular weight excluding hydrogens is 267 g/mol. The van der Waals surface area contributed by atoms with Crippen LogP contribution in [0.5, 0.6) is 0 Å². The molecule has 0 saturated carbocycles. The predicted octanol–water partition coefficient (Wildman–Crippen LogP) is 3.38. The molecule has 94 valence electrons. The minimum absolute atomic E-state index is 0.192. The first-order valence-corrected chi connectivity index (χ1v) is 5.97. The van der Waals surface area contributed by atoms with E-state index in [1.54, 1.807) is 30.3 Å². The van der Waals surface area contributed by atoms with E-state index in [4.69, 9.17) is 11.6 Å². The molecule has 3 aromatic rings. The fourth-order valence-electron chi connectivity index (χ4n) is 1.90. The van der Waals surface area contributed by atoms with Gasteiger partial charge in [0.1, 0.15) is 11.6 Å². The first-order valence-electron chi connectivity index (χ1n) is 5.59. The number of rotatable bonds is 1. The molecule has 1 heterocycles. The van der Waals surface area contributed by atoms with Crippen LogP contribution in [0.25, 0.3) is 22.3 Å². The first-order chi connectivity index (χ1) is 9.15. The second kappa shape index (κ2) is 4.48. The van der Waals surface area contributed by atoms with Gasteiger partial charge in [-0.25, -0.2) is 9.37 Å². The van der Waals surface area contributed by atoms with Gasteiger partial charge in [0.05, 0.1) is 16.5 Å². The fourth-order valence-corrected chi connectivity index (χ4v) is 2.05. The maximum Gasteiger partial charge on any atom is 0.259 e. The molecule has 0 aliphatic carbocycles. The molecule has 2 aromatic carbocycles. The van der Waals surface area contributed by atoms with E-state index in [9.17, 15) is 9.18 Å². The smallest absolute Gasteiger partial charge is 0.259 e. The van der Waals surface area contributed by atoms with Crippen molar-refractivity contribution in [2.45, 2.75) is 0 Å². The van der Waals surface area contributed by atoms with Gasteiger partial charge in [0.2, 0.25) is 0 Å². The van der Waals surface area contributed by atoms with Crippen LogP contribution in [0, 0.1) is 5.82 Å². The van der Waals surface area contributed by atoms with Gasteiger partial charge in [-0.15, -0.1) is 0 Å². The van der Waals surface area contributed by atoms with Gasteiger partial charge in [-0.2, -0.15) is 0 Å². The molecule has 5 heteroatoms. The lowest BCUT2D eigenvalue weighted by Gasteiger charge is -2.04. The summed E-state index contributed by atoms with van der Waals surface area (Å²) in [6, 6.07) is 11.1. The van der Waals surface area contributed by atoms with Crippen molar-refractivity contribution >= 4 is 22.5 Å². The summed E-state index contributed by atoms with van der Waals surface area (Å²) in [6.45, 7) is 0. The Morgan fingerprint density at radius 1 is 1.16 bits per heavy atom. The van der Waals surface area contributed by atoms with Crippen LogP contribution < -0.4 is 5.56 Å². The molecule has 1 aromatic heterocycles. The largest absolute Gasteiger partial charge is 0.306 e. The topological polar surface area (TPSA) is 45.8 Å². The first kappa shape index (κ1) is 11.9. The van der Waals surface area contributed by atoms with Gasteiger partial charge in [-0.1, -0.05) is 23.7 Å². The van der Waals surface area contributed by atoms with Gasteiger partial charge in [0, 0.05) is 5.02 Å². The van der Waals surface area contributed by atoms with E-state index in [1.807, 2.05) is 0 Å². The van der Waals surface area contributed by atoms with Crippen molar-refractivity contribution in [1.29, 1.82) is 0 Å². The normalized spacial score (nSPS) is 10.8. The molecule has 0 atom stereocenters. The Labute approximate surface area is 112 Å². The molecule has 0 aliphatic heterocycles. The SMILES string of the molecule is O=c1[nH]c(-c2ccc(Cl)cc2F)nc2ccccc12. The van der Waals surface area contributed by atoms with Gasteiger partial charge in [0.15, 0.2) is 0 Å². The summed E-state index contributed by atoms with van der Waals surface area (Å²) >= 11 is 5.70. The summed E-state index contributed by atoms with van der Waals surface area (Å²) in [5.41, 5.74) is 0.442. The Morgan fingerprint density at radius 3 is 2.74 bits per heavy atom. The van der Waals surface area contributed by atoms with Crippen LogP contribution in [0.4, 0.5) is 4.39 Å². The summed E-state index contributed by atoms with van der Waals surface area (Å²) in [4.78, 5) is 18.7. The molecular formula is C14H8ClFN2O. The highest BCUT2D eigenvalue weighted by atomic mass is 35.5. The molecule has 0 radical (unpaired) electrons. The third-order valence-corrected chi connectivity index (χ3v) is 3.03. The number of halogens is 2. The lowest BCUT2D eigenvalue weighted by Crippen LogP contribution is -2.09. The monoisotopic (exact) mass is 274 g/mol. The number of nitrogens with zero attached hydrogens (tertiary/aromatic N) is 1. The quantitative estimate of drug-likeness (QED) is 0.739. The van der Waals surface area contributed by atoms with Crippen LogP contribution in [0.2, 0.25) is 5.02 Å². The number of nitrogens with one attached hydrogen (secondary N) is 1. The number of aromatic amines is 1. The van der Waals surface area contributed by atoms with Crippen molar-refractivity contribution in [3.8, 4) is 11.4 Å². The molecule has 1 N–H and O–H groups in total. The Bertz CT molecular complexity index is 829. The van der Waals surface area contributed by atoms with E-state index in [2.05, 4.69) is 9.97 Å². The predicted molar refractivity (Wildman–Crippen MR) is 72.8 cm³/mol. The lowest BCUT2D eigenvalue weighted by molar-refractivity contribution is 0.630. The van der Waals surface area contributed by atoms with Gasteiger partial charge < -0.3 is 4.98 Å². The van der Waals surface area contributed by atoms with Crippen LogP contribution in [-0.4, -0.2) is 9.97 Å². The summed E-state index contributed by atoms with van der Waals surface area (Å²) in [5, 5.41) is 0.769. The number of fused-ring (bicyclic) bond motifs is 1. The zero-order valence-corrected chi connectivity index (χ0v) is 10.4. The number of hydrogen-bond donors (Lipinski definition) is 1. The number of para-hydroxylation sites is 1. The van der Waals surface area contributed by atoms with E-state index >= 15 is 0 Å². The standard InChI is InChI=1S/C14H8ClFN2O/c15-8-5-6-9(11(16)7-8)13-17-12-4-2-1-3-10(12)14(19)18-13/h1-7H,(H,17,18,19). The molecule has 0 amide bonds. The van der Waals surface area contributed by atoms with Crippen molar-refractivity contribution in [3.05, 3.63) is 63.7 Å². The average molecular weight is 275 g/mol. The molecule has 0 saturated heterocycles. The summed E-state index contributed by atoms with van der Waals surface area (Å²) in [5.74, 6) is -0.330. The molecule has 19 heavy (non-hydrogen) atoms. The fraction of sp³-hybridized carbons (Fsp3) is 0. The molecule has 3 nitrogen and oxygen atoms in total. The maximum absolute atomic E-state index is 13.8. The van der Waals surface area contributed by atoms with Crippen molar-refractivity contribution < 1.29 is 4.39 Å². The molecule has 3 rings (SSSR count). The van der Waals surface area contributed by atoms with Gasteiger partial charge in [-0.3, -0.25) is 4.79 Å². The number of H-pyrrole nitrogens is 1. The Morgan fingerprint density at radius 2 is 1.95 bits per heavy atom. The van der Waals surface area contributed by atoms with Gasteiger partial charge in [0.25, 0.3) is 5.56 Å². The highest BCUT2D eigenvalue weighted by Gasteiger charge is 2.10. The summed E-state index contributed by atoms with van der Waals surface area (Å²) < 4.78 is 13.8. The zero-order valence-electron chi connectivity index (χ0n) is 9.65. The summed E-state index contributed by atoms with van der Waals surface area (Å²) in [7, 11) is 0. The van der Waals surface area contributed by atoms with E-state index in [0.29, 0.717) is 15.9 Å². The van der Waals surface area contributed by atoms with Crippen molar-refractivity contribution in [2.75, 3.05) is 0 Å². The Balaban J connectivity index is 2.28. The Hall–Kier alpha value is -2.20. The maximum atomic E-state index is 13.8. The third-order valence-electron chi connectivity index (χ3n) is 2.80. The number of benzene rings is 2. The molecule has 0 unspecified atom stereocenters. The van der Waals surface area contributed by atoms with Crippen LogP contribution in [0.1, 0.15) is 0 Å². The van der Waals surface area contributed by atoms with E-state index in [1.165, 1.54) is 12.1 Å².